The summed E-state index contributed by atoms with van der Waals surface area (Å²) in [6.07, 6.45) is 2.39. The molecule has 0 bridgehead atoms. The van der Waals surface area contributed by atoms with Crippen LogP contribution in [0.15, 0.2) is 0 Å². The van der Waals surface area contributed by atoms with Gasteiger partial charge in [-0.15, -0.1) is 0 Å². The lowest BCUT2D eigenvalue weighted by atomic mass is 9.79. The SMILES string of the molecule is CC(C)NCC1(CN2CC(C)OC(CO)C2)CCOCC1. The van der Waals surface area contributed by atoms with Crippen LogP contribution in [0.3, 0.4) is 0 Å². The molecule has 0 aliphatic carbocycles. The first-order valence-electron chi connectivity index (χ1n) is 8.33. The molecule has 2 saturated heterocycles. The average molecular weight is 300 g/mol. The molecule has 124 valence electrons. The molecule has 0 radical (unpaired) electrons. The lowest BCUT2D eigenvalue weighted by Crippen LogP contribution is -2.54. The van der Waals surface area contributed by atoms with E-state index in [2.05, 4.69) is 31.0 Å². The fourth-order valence-electron chi connectivity index (χ4n) is 3.46. The summed E-state index contributed by atoms with van der Waals surface area (Å²) in [5.41, 5.74) is 0.291. The van der Waals surface area contributed by atoms with Gasteiger partial charge in [0.25, 0.3) is 0 Å². The molecule has 2 aliphatic rings. The van der Waals surface area contributed by atoms with E-state index < -0.39 is 0 Å². The molecule has 0 aromatic carbocycles. The Bertz CT molecular complexity index is 306. The van der Waals surface area contributed by atoms with Gasteiger partial charge in [0.1, 0.15) is 0 Å². The van der Waals surface area contributed by atoms with Gasteiger partial charge in [-0.2, -0.15) is 0 Å². The molecular weight excluding hydrogens is 268 g/mol. The highest BCUT2D eigenvalue weighted by molar-refractivity contribution is 4.89. The van der Waals surface area contributed by atoms with Crippen molar-refractivity contribution in [3.63, 3.8) is 0 Å². The summed E-state index contributed by atoms with van der Waals surface area (Å²) in [6.45, 7) is 12.2. The topological polar surface area (TPSA) is 54.0 Å². The Kier molecular flexibility index (Phi) is 6.44. The zero-order valence-corrected chi connectivity index (χ0v) is 13.8. The quantitative estimate of drug-likeness (QED) is 0.762. The van der Waals surface area contributed by atoms with E-state index in [1.165, 1.54) is 0 Å². The van der Waals surface area contributed by atoms with Crippen molar-refractivity contribution in [2.24, 2.45) is 5.41 Å². The molecule has 2 heterocycles. The number of nitrogens with zero attached hydrogens (tertiary/aromatic N) is 1. The van der Waals surface area contributed by atoms with E-state index in [0.29, 0.717) is 11.5 Å². The Morgan fingerprint density at radius 1 is 1.29 bits per heavy atom. The average Bonchev–Trinajstić information content (AvgIpc) is 2.45. The third-order valence-corrected chi connectivity index (χ3v) is 4.60. The Hall–Kier alpha value is -0.200. The number of aliphatic hydroxyl groups is 1. The minimum Gasteiger partial charge on any atom is -0.394 e. The summed E-state index contributed by atoms with van der Waals surface area (Å²) in [4.78, 5) is 2.47. The molecule has 2 fully saturated rings. The maximum Gasteiger partial charge on any atom is 0.0936 e. The van der Waals surface area contributed by atoms with Crippen molar-refractivity contribution >= 4 is 0 Å². The van der Waals surface area contributed by atoms with Crippen LogP contribution in [0, 0.1) is 5.41 Å². The van der Waals surface area contributed by atoms with Crippen molar-refractivity contribution < 1.29 is 14.6 Å². The van der Waals surface area contributed by atoms with E-state index in [1.54, 1.807) is 0 Å². The third kappa shape index (κ3) is 5.18. The fraction of sp³-hybridized carbons (Fsp3) is 1.00. The van der Waals surface area contributed by atoms with Crippen molar-refractivity contribution in [2.45, 2.75) is 51.9 Å². The first-order valence-corrected chi connectivity index (χ1v) is 8.33. The Labute approximate surface area is 129 Å². The van der Waals surface area contributed by atoms with Gasteiger partial charge in [-0.3, -0.25) is 4.90 Å². The Balaban J connectivity index is 1.96. The van der Waals surface area contributed by atoms with Crippen LogP contribution >= 0.6 is 0 Å². The molecule has 2 aliphatic heterocycles. The second-order valence-electron chi connectivity index (χ2n) is 7.09. The third-order valence-electron chi connectivity index (χ3n) is 4.60. The van der Waals surface area contributed by atoms with Gasteiger partial charge < -0.3 is 19.9 Å². The lowest BCUT2D eigenvalue weighted by Gasteiger charge is -2.45. The van der Waals surface area contributed by atoms with E-state index in [-0.39, 0.29) is 18.8 Å². The van der Waals surface area contributed by atoms with E-state index in [9.17, 15) is 5.11 Å². The normalized spacial score (nSPS) is 30.7. The monoisotopic (exact) mass is 300 g/mol. The van der Waals surface area contributed by atoms with Crippen LogP contribution in [-0.2, 0) is 9.47 Å². The fourth-order valence-corrected chi connectivity index (χ4v) is 3.46. The van der Waals surface area contributed by atoms with Gasteiger partial charge in [-0.25, -0.2) is 0 Å². The number of nitrogens with one attached hydrogen (secondary N) is 1. The number of aliphatic hydroxyl groups excluding tert-OH is 1. The molecule has 5 heteroatoms. The second kappa shape index (κ2) is 7.88. The van der Waals surface area contributed by atoms with Gasteiger partial charge in [0.05, 0.1) is 18.8 Å². The number of ether oxygens (including phenoxy) is 2. The first kappa shape index (κ1) is 17.2. The zero-order valence-electron chi connectivity index (χ0n) is 13.8. The smallest absolute Gasteiger partial charge is 0.0936 e. The molecule has 0 saturated carbocycles. The van der Waals surface area contributed by atoms with Gasteiger partial charge in [0.2, 0.25) is 0 Å². The summed E-state index contributed by atoms with van der Waals surface area (Å²) in [5.74, 6) is 0. The second-order valence-corrected chi connectivity index (χ2v) is 7.09. The zero-order chi connectivity index (χ0) is 15.3. The Morgan fingerprint density at radius 2 is 2.00 bits per heavy atom. The summed E-state index contributed by atoms with van der Waals surface area (Å²) in [7, 11) is 0. The van der Waals surface area contributed by atoms with Gasteiger partial charge in [0.15, 0.2) is 0 Å². The molecule has 21 heavy (non-hydrogen) atoms. The van der Waals surface area contributed by atoms with Gasteiger partial charge in [-0.1, -0.05) is 13.8 Å². The number of morpholine rings is 1. The molecule has 0 spiro atoms. The van der Waals surface area contributed by atoms with Gasteiger partial charge in [0, 0.05) is 45.4 Å². The van der Waals surface area contributed by atoms with E-state index in [1.807, 2.05) is 0 Å². The van der Waals surface area contributed by atoms with Crippen LogP contribution in [-0.4, -0.2) is 74.3 Å². The van der Waals surface area contributed by atoms with Crippen molar-refractivity contribution in [2.75, 3.05) is 46.0 Å². The minimum atomic E-state index is -0.0382. The number of hydrogen-bond acceptors (Lipinski definition) is 5. The number of rotatable bonds is 6. The number of hydrogen-bond donors (Lipinski definition) is 2. The summed E-state index contributed by atoms with van der Waals surface area (Å²) in [6, 6.07) is 0.513. The minimum absolute atomic E-state index is 0.0382. The van der Waals surface area contributed by atoms with Crippen LogP contribution in [0.25, 0.3) is 0 Å². The molecule has 5 nitrogen and oxygen atoms in total. The molecule has 0 amide bonds. The molecule has 0 aromatic heterocycles. The highest BCUT2D eigenvalue weighted by atomic mass is 16.5. The molecule has 2 unspecified atom stereocenters. The molecular formula is C16H32N2O3. The molecule has 0 aromatic rings. The largest absolute Gasteiger partial charge is 0.394 e. The maximum atomic E-state index is 9.39. The van der Waals surface area contributed by atoms with Crippen LogP contribution in [0.5, 0.6) is 0 Å². The molecule has 2 N–H and O–H groups in total. The predicted octanol–water partition coefficient (Wildman–Crippen LogP) is 0.863. The van der Waals surface area contributed by atoms with Gasteiger partial charge in [-0.05, 0) is 25.2 Å². The summed E-state index contributed by atoms with van der Waals surface area (Å²) < 4.78 is 11.3. The first-order chi connectivity index (χ1) is 10.0. The predicted molar refractivity (Wildman–Crippen MR) is 83.5 cm³/mol. The molecule has 2 rings (SSSR count). The Morgan fingerprint density at radius 3 is 2.62 bits per heavy atom. The maximum absolute atomic E-state index is 9.39. The highest BCUT2D eigenvalue weighted by Crippen LogP contribution is 2.32. The van der Waals surface area contributed by atoms with Crippen molar-refractivity contribution in [1.82, 2.24) is 10.2 Å². The van der Waals surface area contributed by atoms with Crippen molar-refractivity contribution in [3.05, 3.63) is 0 Å². The van der Waals surface area contributed by atoms with E-state index in [0.717, 1.165) is 52.2 Å². The highest BCUT2D eigenvalue weighted by Gasteiger charge is 2.36. The van der Waals surface area contributed by atoms with Crippen LogP contribution in [0.1, 0.15) is 33.6 Å². The van der Waals surface area contributed by atoms with Crippen molar-refractivity contribution in [3.8, 4) is 0 Å². The lowest BCUT2D eigenvalue weighted by molar-refractivity contribution is -0.109. The van der Waals surface area contributed by atoms with Crippen LogP contribution < -0.4 is 5.32 Å². The van der Waals surface area contributed by atoms with E-state index >= 15 is 0 Å². The summed E-state index contributed by atoms with van der Waals surface area (Å²) >= 11 is 0. The van der Waals surface area contributed by atoms with Crippen molar-refractivity contribution in [1.29, 1.82) is 0 Å². The summed E-state index contributed by atoms with van der Waals surface area (Å²) in [5, 5.41) is 13.0. The van der Waals surface area contributed by atoms with Gasteiger partial charge >= 0.3 is 0 Å². The van der Waals surface area contributed by atoms with E-state index in [4.69, 9.17) is 9.47 Å². The van der Waals surface area contributed by atoms with Crippen LogP contribution in [0.4, 0.5) is 0 Å². The molecule has 2 atom stereocenters. The van der Waals surface area contributed by atoms with Crippen LogP contribution in [0.2, 0.25) is 0 Å². The standard InChI is InChI=1S/C16H32N2O3/c1-13(2)17-11-16(4-6-20-7-5-16)12-18-8-14(3)21-15(9-18)10-19/h13-15,17,19H,4-12H2,1-3H3.